The highest BCUT2D eigenvalue weighted by molar-refractivity contribution is 7.94. The zero-order valence-electron chi connectivity index (χ0n) is 16.6. The van der Waals surface area contributed by atoms with Crippen LogP contribution in [0.5, 0.6) is 0 Å². The van der Waals surface area contributed by atoms with Crippen molar-refractivity contribution in [3.8, 4) is 0 Å². The van der Waals surface area contributed by atoms with E-state index in [0.717, 1.165) is 17.2 Å². The van der Waals surface area contributed by atoms with Gasteiger partial charge in [-0.25, -0.2) is 16.8 Å². The first-order valence-electron chi connectivity index (χ1n) is 8.77. The minimum Gasteiger partial charge on any atom is -0.294 e. The number of hydrogen-bond donors (Lipinski definition) is 1. The minimum atomic E-state index is -4.14. The molecule has 0 saturated carbocycles. The van der Waals surface area contributed by atoms with E-state index in [2.05, 4.69) is 10.5 Å². The van der Waals surface area contributed by atoms with Crippen molar-refractivity contribution in [2.24, 2.45) is 0 Å². The number of Topliss-reactive ketones (excluding diaryl/α,β-unsaturated/α-hetero) is 1. The highest BCUT2D eigenvalue weighted by Crippen LogP contribution is 2.19. The molecule has 0 saturated heterocycles. The second kappa shape index (κ2) is 8.88. The summed E-state index contributed by atoms with van der Waals surface area (Å²) in [6.07, 6.45) is 1.05. The highest BCUT2D eigenvalue weighted by atomic mass is 32.2. The molecule has 154 valence electrons. The van der Waals surface area contributed by atoms with Gasteiger partial charge in [-0.1, -0.05) is 35.4 Å². The summed E-state index contributed by atoms with van der Waals surface area (Å²) in [4.78, 5) is 11.3. The lowest BCUT2D eigenvalue weighted by molar-refractivity contribution is -0.113. The molecule has 1 unspecified atom stereocenters. The van der Waals surface area contributed by atoms with Crippen LogP contribution in [0.25, 0.3) is 0 Å². The van der Waals surface area contributed by atoms with Gasteiger partial charge in [0.15, 0.2) is 21.0 Å². The summed E-state index contributed by atoms with van der Waals surface area (Å²) < 4.78 is 53.9. The molecule has 2 aromatic rings. The van der Waals surface area contributed by atoms with Gasteiger partial charge in [0, 0.05) is 5.57 Å². The lowest BCUT2D eigenvalue weighted by Gasteiger charge is -2.16. The number of sulfone groups is 1. The van der Waals surface area contributed by atoms with Gasteiger partial charge in [0.05, 0.1) is 9.79 Å². The number of hydrogen-bond acceptors (Lipinski definition) is 5. The van der Waals surface area contributed by atoms with E-state index in [4.69, 9.17) is 0 Å². The predicted octanol–water partition coefficient (Wildman–Crippen LogP) is 3.07. The van der Waals surface area contributed by atoms with Crippen LogP contribution in [0.3, 0.4) is 0 Å². The summed E-state index contributed by atoms with van der Waals surface area (Å²) in [5.74, 6) is -0.297. The largest absolute Gasteiger partial charge is 0.294 e. The SMILES string of the molecule is CC(=O)C(C)=C=CC(NS(=O)(=O)c1ccc(C)cc1)S(=O)(=O)c1ccc(C)cc1. The maximum atomic E-state index is 13.1. The Kier molecular flexibility index (Phi) is 6.97. The molecule has 0 bridgehead atoms. The van der Waals surface area contributed by atoms with Gasteiger partial charge in [-0.3, -0.25) is 4.79 Å². The number of rotatable bonds is 7. The van der Waals surface area contributed by atoms with Gasteiger partial charge in [0.25, 0.3) is 0 Å². The Morgan fingerprint density at radius 1 is 0.862 bits per heavy atom. The van der Waals surface area contributed by atoms with E-state index >= 15 is 0 Å². The second-order valence-electron chi connectivity index (χ2n) is 6.71. The van der Waals surface area contributed by atoms with Crippen LogP contribution in [0, 0.1) is 13.8 Å². The maximum Gasteiger partial charge on any atom is 0.242 e. The van der Waals surface area contributed by atoms with Crippen molar-refractivity contribution in [1.82, 2.24) is 4.72 Å². The topological polar surface area (TPSA) is 97.4 Å². The molecule has 2 rings (SSSR count). The van der Waals surface area contributed by atoms with Crippen molar-refractivity contribution in [3.05, 3.63) is 77.0 Å². The van der Waals surface area contributed by atoms with Crippen LogP contribution >= 0.6 is 0 Å². The molecule has 29 heavy (non-hydrogen) atoms. The summed E-state index contributed by atoms with van der Waals surface area (Å²) in [5, 5.41) is -1.63. The maximum absolute atomic E-state index is 13.1. The number of aryl methyl sites for hydroxylation is 2. The molecule has 0 fully saturated rings. The van der Waals surface area contributed by atoms with Crippen molar-refractivity contribution in [2.75, 3.05) is 0 Å². The fraction of sp³-hybridized carbons (Fsp3) is 0.238. The Morgan fingerprint density at radius 3 is 1.76 bits per heavy atom. The zero-order valence-corrected chi connectivity index (χ0v) is 18.3. The standard InChI is InChI=1S/C21H23NO5S2/c1-15-5-10-19(11-6-15)28(24,25)21(14-9-17(3)18(4)23)22-29(26,27)20-12-7-16(2)8-13-20/h5-8,10-14,21-22H,1-4H3. The summed E-state index contributed by atoms with van der Waals surface area (Å²) >= 11 is 0. The van der Waals surface area contributed by atoms with Crippen LogP contribution in [-0.4, -0.2) is 28.0 Å². The average Bonchev–Trinajstić information content (AvgIpc) is 2.65. The van der Waals surface area contributed by atoms with Gasteiger partial charge in [0.1, 0.15) is 0 Å². The molecule has 8 heteroatoms. The Balaban J connectivity index is 2.56. The lowest BCUT2D eigenvalue weighted by Crippen LogP contribution is -2.39. The second-order valence-corrected chi connectivity index (χ2v) is 10.5. The molecule has 0 amide bonds. The number of carbonyl (C=O) groups excluding carboxylic acids is 1. The quantitative estimate of drug-likeness (QED) is 0.535. The smallest absolute Gasteiger partial charge is 0.242 e. The summed E-state index contributed by atoms with van der Waals surface area (Å²) in [6, 6.07) is 12.1. The summed E-state index contributed by atoms with van der Waals surface area (Å²) in [6.45, 7) is 6.42. The van der Waals surface area contributed by atoms with Gasteiger partial charge in [-0.15, -0.1) is 5.73 Å². The van der Waals surface area contributed by atoms with E-state index in [1.807, 2.05) is 13.8 Å². The fourth-order valence-corrected chi connectivity index (χ4v) is 5.25. The molecule has 1 N–H and O–H groups in total. The first-order valence-corrected chi connectivity index (χ1v) is 11.8. The molecule has 6 nitrogen and oxygen atoms in total. The third-order valence-electron chi connectivity index (χ3n) is 4.27. The molecule has 0 aromatic heterocycles. The van der Waals surface area contributed by atoms with Gasteiger partial charge < -0.3 is 0 Å². The molecular formula is C21H23NO5S2. The Hall–Kier alpha value is -2.51. The number of benzene rings is 2. The molecule has 2 aromatic carbocycles. The minimum absolute atomic E-state index is 0.0433. The third-order valence-corrected chi connectivity index (χ3v) is 7.72. The van der Waals surface area contributed by atoms with Gasteiger partial charge >= 0.3 is 0 Å². The van der Waals surface area contributed by atoms with Crippen molar-refractivity contribution in [3.63, 3.8) is 0 Å². The van der Waals surface area contributed by atoms with E-state index in [-0.39, 0.29) is 21.1 Å². The number of carbonyl (C=O) groups is 1. The van der Waals surface area contributed by atoms with Gasteiger partial charge in [-0.2, -0.15) is 4.72 Å². The molecular weight excluding hydrogens is 410 g/mol. The molecule has 0 spiro atoms. The monoisotopic (exact) mass is 433 g/mol. The first-order chi connectivity index (χ1) is 13.4. The number of ketones is 1. The molecule has 1 atom stereocenters. The highest BCUT2D eigenvalue weighted by Gasteiger charge is 2.30. The van der Waals surface area contributed by atoms with Crippen LogP contribution in [0.15, 0.2) is 75.7 Å². The number of sulfonamides is 1. The molecule has 0 radical (unpaired) electrons. The van der Waals surface area contributed by atoms with Crippen molar-refractivity contribution >= 4 is 25.6 Å². The average molecular weight is 434 g/mol. The van der Waals surface area contributed by atoms with Gasteiger partial charge in [0.2, 0.25) is 10.0 Å². The van der Waals surface area contributed by atoms with Gasteiger partial charge in [-0.05, 0) is 58.0 Å². The van der Waals surface area contributed by atoms with E-state index in [9.17, 15) is 21.6 Å². The van der Waals surface area contributed by atoms with Crippen LogP contribution in [0.1, 0.15) is 25.0 Å². The van der Waals surface area contributed by atoms with Crippen LogP contribution in [-0.2, 0) is 24.7 Å². The fourth-order valence-electron chi connectivity index (χ4n) is 2.30. The summed E-state index contributed by atoms with van der Waals surface area (Å²) in [5.41, 5.74) is 4.51. The van der Waals surface area contributed by atoms with E-state index in [1.54, 1.807) is 24.3 Å². The summed E-state index contributed by atoms with van der Waals surface area (Å²) in [7, 11) is -8.26. The zero-order chi connectivity index (χ0) is 21.8. The molecule has 0 aliphatic rings. The van der Waals surface area contributed by atoms with E-state index in [0.29, 0.717) is 0 Å². The van der Waals surface area contributed by atoms with Crippen molar-refractivity contribution in [2.45, 2.75) is 42.9 Å². The van der Waals surface area contributed by atoms with Crippen LogP contribution in [0.2, 0.25) is 0 Å². The first kappa shape index (κ1) is 22.8. The Labute approximate surface area is 171 Å². The predicted molar refractivity (Wildman–Crippen MR) is 112 cm³/mol. The van der Waals surface area contributed by atoms with E-state index < -0.39 is 25.2 Å². The Bertz CT molecular complexity index is 1170. The lowest BCUT2D eigenvalue weighted by atomic mass is 10.2. The third kappa shape index (κ3) is 5.74. The number of nitrogens with one attached hydrogen (secondary N) is 1. The Morgan fingerprint density at radius 2 is 1.31 bits per heavy atom. The molecule has 0 aliphatic carbocycles. The molecule has 0 heterocycles. The van der Waals surface area contributed by atoms with E-state index in [1.165, 1.54) is 38.1 Å². The van der Waals surface area contributed by atoms with Crippen LogP contribution in [0.4, 0.5) is 0 Å². The normalized spacial score (nSPS) is 12.7. The van der Waals surface area contributed by atoms with Crippen molar-refractivity contribution < 1.29 is 21.6 Å². The van der Waals surface area contributed by atoms with Crippen molar-refractivity contribution in [1.29, 1.82) is 0 Å². The molecule has 0 aliphatic heterocycles. The van der Waals surface area contributed by atoms with Crippen LogP contribution < -0.4 is 4.72 Å².